The van der Waals surface area contributed by atoms with E-state index < -0.39 is 0 Å². The van der Waals surface area contributed by atoms with Gasteiger partial charge in [-0.25, -0.2) is 14.5 Å². The number of pyridine rings is 1. The van der Waals surface area contributed by atoms with Crippen LogP contribution >= 0.6 is 0 Å². The molecule has 0 fully saturated rings. The maximum Gasteiger partial charge on any atom is 0.340 e. The first-order valence-corrected chi connectivity index (χ1v) is 8.62. The summed E-state index contributed by atoms with van der Waals surface area (Å²) in [5.74, 6) is -0.322. The summed E-state index contributed by atoms with van der Waals surface area (Å²) in [5.41, 5.74) is 3.23. The van der Waals surface area contributed by atoms with Gasteiger partial charge in [-0.1, -0.05) is 30.3 Å². The van der Waals surface area contributed by atoms with Crippen LogP contribution < -0.4 is 0 Å². The fourth-order valence-corrected chi connectivity index (χ4v) is 2.81. The van der Waals surface area contributed by atoms with Crippen LogP contribution in [0.5, 0.6) is 0 Å². The van der Waals surface area contributed by atoms with Crippen LogP contribution in [0.1, 0.15) is 47.9 Å². The number of fused-ring (bicyclic) bond motifs is 1. The smallest absolute Gasteiger partial charge is 0.340 e. The van der Waals surface area contributed by atoms with E-state index in [0.29, 0.717) is 17.9 Å². The molecule has 0 saturated carbocycles. The van der Waals surface area contributed by atoms with Crippen LogP contribution in [0.4, 0.5) is 0 Å². The summed E-state index contributed by atoms with van der Waals surface area (Å²) in [7, 11) is 0. The molecule has 25 heavy (non-hydrogen) atoms. The van der Waals surface area contributed by atoms with Crippen LogP contribution in [-0.2, 0) is 11.2 Å². The monoisotopic (exact) mass is 337 g/mol. The normalized spacial score (nSPS) is 11.2. The van der Waals surface area contributed by atoms with E-state index in [-0.39, 0.29) is 12.0 Å². The second kappa shape index (κ2) is 7.47. The summed E-state index contributed by atoms with van der Waals surface area (Å²) in [6.07, 6.45) is 3.44. The minimum atomic E-state index is -0.322. The van der Waals surface area contributed by atoms with Gasteiger partial charge in [0.15, 0.2) is 5.65 Å². The van der Waals surface area contributed by atoms with E-state index in [1.165, 1.54) is 5.56 Å². The van der Waals surface area contributed by atoms with E-state index >= 15 is 0 Å². The van der Waals surface area contributed by atoms with Crippen LogP contribution in [0.15, 0.2) is 42.6 Å². The van der Waals surface area contributed by atoms with E-state index in [9.17, 15) is 4.79 Å². The first kappa shape index (κ1) is 17.1. The number of carbonyl (C=O) groups is 1. The Morgan fingerprint density at radius 2 is 2.00 bits per heavy atom. The zero-order valence-corrected chi connectivity index (χ0v) is 14.9. The van der Waals surface area contributed by atoms with Gasteiger partial charge in [0.2, 0.25) is 0 Å². The Morgan fingerprint density at radius 3 is 2.72 bits per heavy atom. The summed E-state index contributed by atoms with van der Waals surface area (Å²) in [4.78, 5) is 16.9. The van der Waals surface area contributed by atoms with Gasteiger partial charge in [-0.15, -0.1) is 0 Å². The summed E-state index contributed by atoms with van der Waals surface area (Å²) in [5, 5.41) is 5.20. The molecule has 2 aromatic heterocycles. The van der Waals surface area contributed by atoms with Crippen molar-refractivity contribution >= 4 is 17.0 Å². The van der Waals surface area contributed by atoms with Crippen molar-refractivity contribution in [1.29, 1.82) is 0 Å². The molecule has 0 spiro atoms. The molecular weight excluding hydrogens is 314 g/mol. The number of hydrogen-bond donors (Lipinski definition) is 0. The molecule has 0 bridgehead atoms. The molecule has 3 aromatic rings. The number of aromatic nitrogens is 3. The van der Waals surface area contributed by atoms with Crippen LogP contribution in [0.2, 0.25) is 0 Å². The van der Waals surface area contributed by atoms with Gasteiger partial charge in [0.25, 0.3) is 0 Å². The van der Waals surface area contributed by atoms with E-state index in [2.05, 4.69) is 36.1 Å². The predicted octanol–water partition coefficient (Wildman–Crippen LogP) is 4.11. The molecule has 5 heteroatoms. The Labute approximate surface area is 147 Å². The lowest BCUT2D eigenvalue weighted by Gasteiger charge is -2.09. The third-order valence-electron chi connectivity index (χ3n) is 4.15. The Balaban J connectivity index is 1.64. The van der Waals surface area contributed by atoms with Gasteiger partial charge in [0.1, 0.15) is 0 Å². The van der Waals surface area contributed by atoms with Gasteiger partial charge >= 0.3 is 5.97 Å². The van der Waals surface area contributed by atoms with Gasteiger partial charge in [0, 0.05) is 11.4 Å². The largest absolute Gasteiger partial charge is 0.462 e. The highest BCUT2D eigenvalue weighted by molar-refractivity contribution is 5.94. The van der Waals surface area contributed by atoms with Crippen molar-refractivity contribution in [3.63, 3.8) is 0 Å². The van der Waals surface area contributed by atoms with Gasteiger partial charge in [-0.3, -0.25) is 0 Å². The average Bonchev–Trinajstić information content (AvgIpc) is 3.01. The number of esters is 1. The van der Waals surface area contributed by atoms with Gasteiger partial charge in [-0.2, -0.15) is 5.10 Å². The lowest BCUT2D eigenvalue weighted by molar-refractivity contribution is 0.0499. The maximum absolute atomic E-state index is 12.4. The molecule has 130 valence electrons. The van der Waals surface area contributed by atoms with Gasteiger partial charge in [-0.05, 0) is 45.2 Å². The van der Waals surface area contributed by atoms with E-state index in [1.54, 1.807) is 6.20 Å². The molecule has 0 radical (unpaired) electrons. The Morgan fingerprint density at radius 1 is 1.24 bits per heavy atom. The quantitative estimate of drug-likeness (QED) is 0.502. The zero-order valence-electron chi connectivity index (χ0n) is 14.9. The van der Waals surface area contributed by atoms with Gasteiger partial charge < -0.3 is 4.74 Å². The predicted molar refractivity (Wildman–Crippen MR) is 97.7 cm³/mol. The second-order valence-electron chi connectivity index (χ2n) is 6.44. The molecular formula is C20H23N3O2. The molecule has 0 saturated heterocycles. The third-order valence-corrected chi connectivity index (χ3v) is 4.15. The standard InChI is InChI=1S/C20H23N3O2/c1-14(2)23-19-17(13-21-23)12-18(15(3)22-19)20(24)25-11-7-10-16-8-5-4-6-9-16/h4-6,8-9,12-14H,7,10-11H2,1-3H3. The first-order valence-electron chi connectivity index (χ1n) is 8.62. The minimum Gasteiger partial charge on any atom is -0.462 e. The summed E-state index contributed by atoms with van der Waals surface area (Å²) in [6.45, 7) is 6.34. The molecule has 5 nitrogen and oxygen atoms in total. The molecule has 3 rings (SSSR count). The van der Waals surface area contributed by atoms with Crippen molar-refractivity contribution in [2.75, 3.05) is 6.61 Å². The van der Waals surface area contributed by atoms with E-state index in [4.69, 9.17) is 4.74 Å². The molecule has 0 aliphatic rings. The lowest BCUT2D eigenvalue weighted by atomic mass is 10.1. The van der Waals surface area contributed by atoms with Crippen molar-refractivity contribution in [2.24, 2.45) is 0 Å². The van der Waals surface area contributed by atoms with Crippen molar-refractivity contribution < 1.29 is 9.53 Å². The SMILES string of the molecule is Cc1nc2c(cnn2C(C)C)cc1C(=O)OCCCc1ccccc1. The molecule has 0 aliphatic carbocycles. The number of rotatable bonds is 6. The molecule has 0 atom stereocenters. The number of aryl methyl sites for hydroxylation is 2. The van der Waals surface area contributed by atoms with E-state index in [1.807, 2.05) is 35.9 Å². The molecule has 2 heterocycles. The van der Waals surface area contributed by atoms with Crippen LogP contribution in [0.25, 0.3) is 11.0 Å². The number of benzene rings is 1. The summed E-state index contributed by atoms with van der Waals surface area (Å²) in [6, 6.07) is 12.2. The summed E-state index contributed by atoms with van der Waals surface area (Å²) < 4.78 is 7.29. The Hall–Kier alpha value is -2.69. The highest BCUT2D eigenvalue weighted by Crippen LogP contribution is 2.20. The molecule has 0 aliphatic heterocycles. The van der Waals surface area contributed by atoms with Crippen molar-refractivity contribution in [3.05, 3.63) is 59.4 Å². The fraction of sp³-hybridized carbons (Fsp3) is 0.350. The first-order chi connectivity index (χ1) is 12.1. The van der Waals surface area contributed by atoms with Crippen molar-refractivity contribution in [1.82, 2.24) is 14.8 Å². The Bertz CT molecular complexity index is 869. The number of hydrogen-bond acceptors (Lipinski definition) is 4. The topological polar surface area (TPSA) is 57.0 Å². The average molecular weight is 337 g/mol. The highest BCUT2D eigenvalue weighted by Gasteiger charge is 2.16. The number of ether oxygens (including phenoxy) is 1. The highest BCUT2D eigenvalue weighted by atomic mass is 16.5. The second-order valence-corrected chi connectivity index (χ2v) is 6.44. The van der Waals surface area contributed by atoms with Crippen LogP contribution in [0, 0.1) is 6.92 Å². The fourth-order valence-electron chi connectivity index (χ4n) is 2.81. The van der Waals surface area contributed by atoms with E-state index in [0.717, 1.165) is 23.9 Å². The van der Waals surface area contributed by atoms with Crippen molar-refractivity contribution in [3.8, 4) is 0 Å². The molecule has 0 amide bonds. The zero-order chi connectivity index (χ0) is 17.8. The van der Waals surface area contributed by atoms with Gasteiger partial charge in [0.05, 0.1) is 24.1 Å². The third kappa shape index (κ3) is 3.87. The minimum absolute atomic E-state index is 0.222. The van der Waals surface area contributed by atoms with Crippen molar-refractivity contribution in [2.45, 2.75) is 39.7 Å². The number of carbonyl (C=O) groups excluding carboxylic acids is 1. The van der Waals surface area contributed by atoms with Crippen LogP contribution in [-0.4, -0.2) is 27.3 Å². The molecule has 1 aromatic carbocycles. The van der Waals surface area contributed by atoms with Crippen LogP contribution in [0.3, 0.4) is 0 Å². The Kier molecular flexibility index (Phi) is 5.12. The number of nitrogens with zero attached hydrogens (tertiary/aromatic N) is 3. The summed E-state index contributed by atoms with van der Waals surface area (Å²) >= 11 is 0. The maximum atomic E-state index is 12.4. The molecule has 0 N–H and O–H groups in total. The molecule has 0 unspecified atom stereocenters. The lowest BCUT2D eigenvalue weighted by Crippen LogP contribution is -2.11.